The Kier molecular flexibility index (Phi) is 5.89. The van der Waals surface area contributed by atoms with E-state index in [4.69, 9.17) is 23.2 Å². The molecule has 0 bridgehead atoms. The number of Topliss-reactive ketones (excluding diaryl/α,β-unsaturated/α-hetero) is 1. The molecule has 0 radical (unpaired) electrons. The summed E-state index contributed by atoms with van der Waals surface area (Å²) in [6.07, 6.45) is 3.41. The van der Waals surface area contributed by atoms with Crippen LogP contribution in [0.15, 0.2) is 47.9 Å². The van der Waals surface area contributed by atoms with Gasteiger partial charge in [-0.3, -0.25) is 14.3 Å². The van der Waals surface area contributed by atoms with E-state index < -0.39 is 5.41 Å². The molecule has 1 aromatic carbocycles. The summed E-state index contributed by atoms with van der Waals surface area (Å²) in [7, 11) is 0. The number of aromatic nitrogens is 4. The first kappa shape index (κ1) is 19.9. The molecule has 140 valence electrons. The molecule has 2 heterocycles. The molecular formula is C19H18Cl2N4OS. The summed E-state index contributed by atoms with van der Waals surface area (Å²) in [5.41, 5.74) is 1.16. The van der Waals surface area contributed by atoms with Crippen molar-refractivity contribution in [1.82, 2.24) is 19.7 Å². The predicted molar refractivity (Wildman–Crippen MR) is 110 cm³/mol. The highest BCUT2D eigenvalue weighted by atomic mass is 35.5. The minimum Gasteiger partial charge on any atom is -0.298 e. The number of thioether (sulfide) groups is 1. The maximum Gasteiger partial charge on any atom is 0.196 e. The Bertz CT molecular complexity index is 968. The topological polar surface area (TPSA) is 60.7 Å². The molecule has 0 N–H and O–H groups in total. The SMILES string of the molecule is CC(C)(C)C(=O)CSc1nnc(-c2cccnc2)n1-c1ccc(Cl)c(Cl)c1. The number of hydrogen-bond acceptors (Lipinski definition) is 5. The van der Waals surface area contributed by atoms with Gasteiger partial charge in [0.15, 0.2) is 11.0 Å². The molecule has 0 saturated heterocycles. The molecule has 0 aliphatic heterocycles. The van der Waals surface area contributed by atoms with Crippen LogP contribution in [0.2, 0.25) is 10.0 Å². The van der Waals surface area contributed by atoms with Gasteiger partial charge in [-0.05, 0) is 30.3 Å². The van der Waals surface area contributed by atoms with Crippen molar-refractivity contribution in [3.8, 4) is 17.1 Å². The van der Waals surface area contributed by atoms with E-state index in [0.717, 1.165) is 11.3 Å². The number of halogens is 2. The van der Waals surface area contributed by atoms with Crippen molar-refractivity contribution in [2.24, 2.45) is 5.41 Å². The molecule has 0 aliphatic rings. The van der Waals surface area contributed by atoms with Gasteiger partial charge in [0, 0.05) is 23.4 Å². The minimum atomic E-state index is -0.409. The molecule has 0 spiro atoms. The Morgan fingerprint density at radius 3 is 2.56 bits per heavy atom. The fourth-order valence-electron chi connectivity index (χ4n) is 2.25. The van der Waals surface area contributed by atoms with E-state index in [0.29, 0.717) is 26.8 Å². The van der Waals surface area contributed by atoms with Crippen LogP contribution in [0.25, 0.3) is 17.1 Å². The molecule has 2 aromatic heterocycles. The van der Waals surface area contributed by atoms with Crippen molar-refractivity contribution in [3.63, 3.8) is 0 Å². The minimum absolute atomic E-state index is 0.138. The molecule has 0 unspecified atom stereocenters. The van der Waals surface area contributed by atoms with Crippen LogP contribution in [0.1, 0.15) is 20.8 Å². The second-order valence-corrected chi connectivity index (χ2v) is 8.70. The normalized spacial score (nSPS) is 11.6. The van der Waals surface area contributed by atoms with Crippen LogP contribution in [0.3, 0.4) is 0 Å². The van der Waals surface area contributed by atoms with Crippen LogP contribution < -0.4 is 0 Å². The summed E-state index contributed by atoms with van der Waals surface area (Å²) >= 11 is 13.6. The molecule has 5 nitrogen and oxygen atoms in total. The molecule has 0 saturated carbocycles. The third kappa shape index (κ3) is 4.51. The van der Waals surface area contributed by atoms with Gasteiger partial charge in [0.05, 0.1) is 21.5 Å². The van der Waals surface area contributed by atoms with Gasteiger partial charge in [0.25, 0.3) is 0 Å². The van der Waals surface area contributed by atoms with Crippen LogP contribution in [0.4, 0.5) is 0 Å². The maximum absolute atomic E-state index is 12.3. The number of rotatable bonds is 5. The Morgan fingerprint density at radius 2 is 1.93 bits per heavy atom. The number of nitrogens with zero attached hydrogens (tertiary/aromatic N) is 4. The average molecular weight is 421 g/mol. The fraction of sp³-hybridized carbons (Fsp3) is 0.263. The van der Waals surface area contributed by atoms with E-state index in [1.54, 1.807) is 24.5 Å². The summed E-state index contributed by atoms with van der Waals surface area (Å²) in [5, 5.41) is 10.1. The maximum atomic E-state index is 12.3. The summed E-state index contributed by atoms with van der Waals surface area (Å²) in [6.45, 7) is 5.71. The number of hydrogen-bond donors (Lipinski definition) is 0. The van der Waals surface area contributed by atoms with Crippen molar-refractivity contribution in [1.29, 1.82) is 0 Å². The van der Waals surface area contributed by atoms with Gasteiger partial charge in [-0.2, -0.15) is 0 Å². The number of ketones is 1. The van der Waals surface area contributed by atoms with Crippen molar-refractivity contribution in [2.75, 3.05) is 5.75 Å². The van der Waals surface area contributed by atoms with Crippen molar-refractivity contribution in [3.05, 3.63) is 52.8 Å². The molecule has 3 rings (SSSR count). The average Bonchev–Trinajstić information content (AvgIpc) is 3.06. The highest BCUT2D eigenvalue weighted by molar-refractivity contribution is 7.99. The van der Waals surface area contributed by atoms with Gasteiger partial charge in [-0.25, -0.2) is 0 Å². The van der Waals surface area contributed by atoms with E-state index >= 15 is 0 Å². The molecule has 0 aliphatic carbocycles. The molecule has 8 heteroatoms. The summed E-state index contributed by atoms with van der Waals surface area (Å²) in [4.78, 5) is 16.5. The number of carbonyl (C=O) groups is 1. The lowest BCUT2D eigenvalue weighted by molar-refractivity contribution is -0.123. The molecule has 0 fully saturated rings. The molecular weight excluding hydrogens is 403 g/mol. The van der Waals surface area contributed by atoms with Crippen LogP contribution in [0.5, 0.6) is 0 Å². The lowest BCUT2D eigenvalue weighted by Crippen LogP contribution is -2.22. The molecule has 0 amide bonds. The molecule has 0 atom stereocenters. The first-order chi connectivity index (χ1) is 12.8. The van der Waals surface area contributed by atoms with Gasteiger partial charge in [-0.15, -0.1) is 10.2 Å². The number of pyridine rings is 1. The smallest absolute Gasteiger partial charge is 0.196 e. The van der Waals surface area contributed by atoms with Gasteiger partial charge in [0.2, 0.25) is 0 Å². The van der Waals surface area contributed by atoms with Crippen LogP contribution in [-0.2, 0) is 4.79 Å². The monoisotopic (exact) mass is 420 g/mol. The summed E-state index contributed by atoms with van der Waals surface area (Å²) in [6, 6.07) is 9.05. The third-order valence-electron chi connectivity index (χ3n) is 3.88. The highest BCUT2D eigenvalue weighted by Gasteiger charge is 2.23. The first-order valence-corrected chi connectivity index (χ1v) is 9.99. The largest absolute Gasteiger partial charge is 0.298 e. The van der Waals surface area contributed by atoms with Gasteiger partial charge < -0.3 is 0 Å². The summed E-state index contributed by atoms with van der Waals surface area (Å²) < 4.78 is 1.86. The van der Waals surface area contributed by atoms with Crippen LogP contribution >= 0.6 is 35.0 Å². The van der Waals surface area contributed by atoms with E-state index in [1.807, 2.05) is 43.5 Å². The Morgan fingerprint density at radius 1 is 1.15 bits per heavy atom. The van der Waals surface area contributed by atoms with E-state index in [1.165, 1.54) is 11.8 Å². The standard InChI is InChI=1S/C19H18Cl2N4OS/c1-19(2,3)16(26)11-27-18-24-23-17(12-5-4-8-22-10-12)25(18)13-6-7-14(20)15(21)9-13/h4-10H,11H2,1-3H3. The number of benzene rings is 1. The highest BCUT2D eigenvalue weighted by Crippen LogP contribution is 2.32. The Labute approximate surface area is 172 Å². The van der Waals surface area contributed by atoms with E-state index in [-0.39, 0.29) is 5.78 Å². The first-order valence-electron chi connectivity index (χ1n) is 8.24. The Balaban J connectivity index is 2.05. The van der Waals surface area contributed by atoms with Gasteiger partial charge >= 0.3 is 0 Å². The lowest BCUT2D eigenvalue weighted by Gasteiger charge is -2.16. The predicted octanol–water partition coefficient (Wildman–Crippen LogP) is 5.34. The lowest BCUT2D eigenvalue weighted by atomic mass is 9.92. The molecule has 3 aromatic rings. The van der Waals surface area contributed by atoms with Crippen molar-refractivity contribution >= 4 is 40.7 Å². The third-order valence-corrected chi connectivity index (χ3v) is 5.55. The Hall–Kier alpha value is -1.89. The van der Waals surface area contributed by atoms with Gasteiger partial charge in [0.1, 0.15) is 5.78 Å². The zero-order chi connectivity index (χ0) is 19.6. The zero-order valence-electron chi connectivity index (χ0n) is 15.1. The van der Waals surface area contributed by atoms with Crippen molar-refractivity contribution < 1.29 is 4.79 Å². The quantitative estimate of drug-likeness (QED) is 0.520. The van der Waals surface area contributed by atoms with E-state index in [2.05, 4.69) is 15.2 Å². The molecule has 27 heavy (non-hydrogen) atoms. The van der Waals surface area contributed by atoms with Crippen LogP contribution in [0, 0.1) is 5.41 Å². The zero-order valence-corrected chi connectivity index (χ0v) is 17.4. The number of carbonyl (C=O) groups excluding carboxylic acids is 1. The summed E-state index contributed by atoms with van der Waals surface area (Å²) in [5.74, 6) is 1.06. The second-order valence-electron chi connectivity index (χ2n) is 6.94. The fourth-order valence-corrected chi connectivity index (χ4v) is 3.65. The van der Waals surface area contributed by atoms with E-state index in [9.17, 15) is 4.79 Å². The second kappa shape index (κ2) is 8.00. The van der Waals surface area contributed by atoms with Crippen LogP contribution in [-0.4, -0.2) is 31.3 Å². The van der Waals surface area contributed by atoms with Gasteiger partial charge in [-0.1, -0.05) is 55.7 Å². The van der Waals surface area contributed by atoms with Crippen molar-refractivity contribution in [2.45, 2.75) is 25.9 Å².